The number of carbonyl (C=O) groups excluding carboxylic acids is 1. The predicted octanol–water partition coefficient (Wildman–Crippen LogP) is 0.0385. The lowest BCUT2D eigenvalue weighted by atomic mass is 10.2. The monoisotopic (exact) mass is 310 g/mol. The Kier molecular flexibility index (Phi) is 4.59. The molecular weight excluding hydrogens is 292 g/mol. The van der Waals surface area contributed by atoms with Crippen LogP contribution in [0, 0.1) is 6.92 Å². The summed E-state index contributed by atoms with van der Waals surface area (Å²) in [5.41, 5.74) is 0.988. The number of Topliss-reactive ketones (excluding diaryl/α,β-unsaturated/α-hetero) is 1. The van der Waals surface area contributed by atoms with Gasteiger partial charge < -0.3 is 5.32 Å². The molecule has 1 aliphatic heterocycles. The van der Waals surface area contributed by atoms with Crippen molar-refractivity contribution in [2.45, 2.75) is 18.7 Å². The summed E-state index contributed by atoms with van der Waals surface area (Å²) in [4.78, 5) is 17.0. The summed E-state index contributed by atoms with van der Waals surface area (Å²) in [5, 5.41) is 2.85. The number of hydrogen-bond acceptors (Lipinski definition) is 6. The first kappa shape index (κ1) is 15.5. The Morgan fingerprint density at radius 3 is 2.57 bits per heavy atom. The van der Waals surface area contributed by atoms with Crippen LogP contribution in [-0.2, 0) is 14.8 Å². The lowest BCUT2D eigenvalue weighted by molar-refractivity contribution is -0.118. The van der Waals surface area contributed by atoms with E-state index in [-0.39, 0.29) is 29.9 Å². The molecule has 0 unspecified atom stereocenters. The van der Waals surface area contributed by atoms with Crippen molar-refractivity contribution in [2.75, 3.05) is 19.9 Å². The second kappa shape index (κ2) is 6.23. The number of guanidine groups is 1. The van der Waals surface area contributed by atoms with Gasteiger partial charge in [0.05, 0.1) is 24.8 Å². The molecule has 1 aromatic carbocycles. The molecule has 1 aliphatic rings. The SMILES string of the molecule is CC(=O)CN1CN=C(NS(=O)(=O)c2ccc(C)cc2)NC1. The van der Waals surface area contributed by atoms with Crippen LogP contribution in [0.1, 0.15) is 12.5 Å². The van der Waals surface area contributed by atoms with Gasteiger partial charge in [0.1, 0.15) is 5.78 Å². The van der Waals surface area contributed by atoms with Gasteiger partial charge in [-0.3, -0.25) is 9.69 Å². The minimum Gasteiger partial charge on any atom is -0.343 e. The van der Waals surface area contributed by atoms with Crippen molar-refractivity contribution in [3.05, 3.63) is 29.8 Å². The number of aliphatic imine (C=N–C) groups is 1. The standard InChI is InChI=1S/C13H18N4O3S/c1-10-3-5-12(6-4-10)21(19,20)16-13-14-8-17(9-15-13)7-11(2)18/h3-6H,7-9H2,1-2H3,(H2,14,15,16). The van der Waals surface area contributed by atoms with Crippen LogP contribution in [0.3, 0.4) is 0 Å². The molecule has 0 aliphatic carbocycles. The number of sulfonamides is 1. The Morgan fingerprint density at radius 1 is 1.38 bits per heavy atom. The highest BCUT2D eigenvalue weighted by atomic mass is 32.2. The van der Waals surface area contributed by atoms with E-state index in [1.807, 2.05) is 6.92 Å². The highest BCUT2D eigenvalue weighted by Crippen LogP contribution is 2.09. The van der Waals surface area contributed by atoms with Crippen LogP contribution in [0.25, 0.3) is 0 Å². The first-order valence-corrected chi connectivity index (χ1v) is 7.95. The minimum absolute atomic E-state index is 0.0377. The van der Waals surface area contributed by atoms with E-state index in [0.29, 0.717) is 6.67 Å². The van der Waals surface area contributed by atoms with Crippen molar-refractivity contribution in [3.8, 4) is 0 Å². The third-order valence-corrected chi connectivity index (χ3v) is 4.26. The average molecular weight is 310 g/mol. The molecule has 114 valence electrons. The molecule has 0 radical (unpaired) electrons. The maximum absolute atomic E-state index is 12.2. The minimum atomic E-state index is -3.65. The molecule has 0 atom stereocenters. The molecule has 21 heavy (non-hydrogen) atoms. The van der Waals surface area contributed by atoms with E-state index in [2.05, 4.69) is 15.0 Å². The van der Waals surface area contributed by atoms with E-state index in [0.717, 1.165) is 5.56 Å². The first-order chi connectivity index (χ1) is 9.87. The van der Waals surface area contributed by atoms with Gasteiger partial charge in [0.15, 0.2) is 0 Å². The number of aryl methyl sites for hydroxylation is 1. The van der Waals surface area contributed by atoms with E-state index in [1.165, 1.54) is 6.92 Å². The summed E-state index contributed by atoms with van der Waals surface area (Å²) in [6.45, 7) is 4.32. The Labute approximate surface area is 124 Å². The van der Waals surface area contributed by atoms with Crippen molar-refractivity contribution in [2.24, 2.45) is 4.99 Å². The van der Waals surface area contributed by atoms with E-state index >= 15 is 0 Å². The number of nitrogens with zero attached hydrogens (tertiary/aromatic N) is 2. The van der Waals surface area contributed by atoms with Crippen LogP contribution in [-0.4, -0.2) is 44.9 Å². The van der Waals surface area contributed by atoms with Gasteiger partial charge in [-0.1, -0.05) is 17.7 Å². The average Bonchev–Trinajstić information content (AvgIpc) is 2.40. The third kappa shape index (κ3) is 4.27. The van der Waals surface area contributed by atoms with Gasteiger partial charge in [0.25, 0.3) is 10.0 Å². The summed E-state index contributed by atoms with van der Waals surface area (Å²) >= 11 is 0. The smallest absolute Gasteiger partial charge is 0.264 e. The zero-order valence-electron chi connectivity index (χ0n) is 12.0. The van der Waals surface area contributed by atoms with Gasteiger partial charge in [-0.2, -0.15) is 0 Å². The number of nitrogens with one attached hydrogen (secondary N) is 2. The first-order valence-electron chi connectivity index (χ1n) is 6.46. The molecule has 0 spiro atoms. The van der Waals surface area contributed by atoms with Crippen LogP contribution >= 0.6 is 0 Å². The van der Waals surface area contributed by atoms with Gasteiger partial charge in [0.2, 0.25) is 5.96 Å². The van der Waals surface area contributed by atoms with E-state index in [9.17, 15) is 13.2 Å². The highest BCUT2D eigenvalue weighted by Gasteiger charge is 2.19. The van der Waals surface area contributed by atoms with Crippen molar-refractivity contribution < 1.29 is 13.2 Å². The molecule has 0 aromatic heterocycles. The van der Waals surface area contributed by atoms with Gasteiger partial charge in [-0.25, -0.2) is 18.1 Å². The molecule has 7 nitrogen and oxygen atoms in total. The van der Waals surface area contributed by atoms with Crippen molar-refractivity contribution >= 4 is 21.8 Å². The second-order valence-electron chi connectivity index (χ2n) is 4.93. The summed E-state index contributed by atoms with van der Waals surface area (Å²) in [6, 6.07) is 6.56. The van der Waals surface area contributed by atoms with E-state index in [4.69, 9.17) is 0 Å². The molecule has 8 heteroatoms. The summed E-state index contributed by atoms with van der Waals surface area (Å²) < 4.78 is 26.7. The number of rotatable bonds is 4. The summed E-state index contributed by atoms with van der Waals surface area (Å²) in [6.07, 6.45) is 0. The maximum atomic E-state index is 12.2. The Bertz CT molecular complexity index is 652. The van der Waals surface area contributed by atoms with Crippen LogP contribution in [0.5, 0.6) is 0 Å². The maximum Gasteiger partial charge on any atom is 0.264 e. The van der Waals surface area contributed by atoms with Crippen LogP contribution in [0.4, 0.5) is 0 Å². The fourth-order valence-electron chi connectivity index (χ4n) is 1.86. The van der Waals surface area contributed by atoms with Crippen LogP contribution in [0.2, 0.25) is 0 Å². The van der Waals surface area contributed by atoms with Crippen molar-refractivity contribution in [1.29, 1.82) is 0 Å². The van der Waals surface area contributed by atoms with Gasteiger partial charge in [-0.05, 0) is 26.0 Å². The molecule has 0 bridgehead atoms. The topological polar surface area (TPSA) is 90.9 Å². The lowest BCUT2D eigenvalue weighted by Gasteiger charge is -2.25. The Morgan fingerprint density at radius 2 is 2.05 bits per heavy atom. The summed E-state index contributed by atoms with van der Waals surface area (Å²) in [5.74, 6) is 0.228. The van der Waals surface area contributed by atoms with Crippen molar-refractivity contribution in [3.63, 3.8) is 0 Å². The molecule has 2 N–H and O–H groups in total. The van der Waals surface area contributed by atoms with E-state index in [1.54, 1.807) is 29.2 Å². The van der Waals surface area contributed by atoms with Gasteiger partial charge >= 0.3 is 0 Å². The number of carbonyl (C=O) groups is 1. The third-order valence-electron chi connectivity index (χ3n) is 2.91. The Balaban J connectivity index is 2.03. The molecule has 0 fully saturated rings. The van der Waals surface area contributed by atoms with Crippen molar-refractivity contribution in [1.82, 2.24) is 14.9 Å². The molecule has 0 saturated heterocycles. The number of ketones is 1. The normalized spacial score (nSPS) is 16.0. The molecule has 2 rings (SSSR count). The number of benzene rings is 1. The van der Waals surface area contributed by atoms with Crippen LogP contribution in [0.15, 0.2) is 34.2 Å². The van der Waals surface area contributed by atoms with E-state index < -0.39 is 10.0 Å². The van der Waals surface area contributed by atoms with Crippen LogP contribution < -0.4 is 10.0 Å². The highest BCUT2D eigenvalue weighted by molar-refractivity contribution is 7.90. The zero-order valence-corrected chi connectivity index (χ0v) is 12.8. The molecule has 0 saturated carbocycles. The zero-order chi connectivity index (χ0) is 15.5. The predicted molar refractivity (Wildman–Crippen MR) is 79.2 cm³/mol. The molecular formula is C13H18N4O3S. The fraction of sp³-hybridized carbons (Fsp3) is 0.385. The van der Waals surface area contributed by atoms with Gasteiger partial charge in [-0.15, -0.1) is 0 Å². The Hall–Kier alpha value is -1.93. The number of hydrogen-bond donors (Lipinski definition) is 2. The van der Waals surface area contributed by atoms with Gasteiger partial charge in [0, 0.05) is 0 Å². The molecule has 1 heterocycles. The fourth-order valence-corrected chi connectivity index (χ4v) is 2.86. The second-order valence-corrected chi connectivity index (χ2v) is 6.61. The molecule has 1 aromatic rings. The quantitative estimate of drug-likeness (QED) is 0.819. The summed E-state index contributed by atoms with van der Waals surface area (Å²) in [7, 11) is -3.65. The lowest BCUT2D eigenvalue weighted by Crippen LogP contribution is -2.50. The molecule has 0 amide bonds. The largest absolute Gasteiger partial charge is 0.343 e.